The van der Waals surface area contributed by atoms with Crippen LogP contribution in [-0.4, -0.2) is 9.97 Å². The summed E-state index contributed by atoms with van der Waals surface area (Å²) < 4.78 is 0. The van der Waals surface area contributed by atoms with E-state index in [1.807, 2.05) is 0 Å². The number of nitrogens with zero attached hydrogens (tertiary/aromatic N) is 2. The molecule has 0 unspecified atom stereocenters. The van der Waals surface area contributed by atoms with Gasteiger partial charge in [0, 0.05) is 22.3 Å². The molecule has 2 heteroatoms. The maximum absolute atomic E-state index is 5.75. The van der Waals surface area contributed by atoms with Crippen molar-refractivity contribution >= 4 is 32.6 Å². The zero-order chi connectivity index (χ0) is 35.8. The van der Waals surface area contributed by atoms with Crippen LogP contribution in [0.2, 0.25) is 0 Å². The quantitative estimate of drug-likeness (QED) is 0.174. The number of fused-ring (bicyclic) bond motifs is 3. The number of rotatable bonds is 6. The molecule has 0 aliphatic carbocycles. The van der Waals surface area contributed by atoms with Crippen LogP contribution < -0.4 is 0 Å². The summed E-state index contributed by atoms with van der Waals surface area (Å²) in [6.45, 7) is 0. The van der Waals surface area contributed by atoms with Gasteiger partial charge in [0.25, 0.3) is 0 Å². The number of hydrogen-bond acceptors (Lipinski definition) is 2. The minimum atomic E-state index is 0.857. The molecule has 54 heavy (non-hydrogen) atoms. The van der Waals surface area contributed by atoms with Gasteiger partial charge in [-0.25, -0.2) is 9.97 Å². The van der Waals surface area contributed by atoms with E-state index in [9.17, 15) is 0 Å². The molecule has 2 nitrogen and oxygen atoms in total. The third-order valence-corrected chi connectivity index (χ3v) is 10.5. The largest absolute Gasteiger partial charge is 0.243 e. The van der Waals surface area contributed by atoms with Crippen LogP contribution in [0, 0.1) is 0 Å². The topological polar surface area (TPSA) is 25.8 Å². The van der Waals surface area contributed by atoms with Crippen LogP contribution in [0.4, 0.5) is 0 Å². The Morgan fingerprint density at radius 1 is 0.222 bits per heavy atom. The summed E-state index contributed by atoms with van der Waals surface area (Å²) in [7, 11) is 0. The Kier molecular flexibility index (Phi) is 7.85. The van der Waals surface area contributed by atoms with Crippen LogP contribution >= 0.6 is 0 Å². The second-order valence-electron chi connectivity index (χ2n) is 13.7. The van der Waals surface area contributed by atoms with Crippen molar-refractivity contribution in [1.29, 1.82) is 0 Å². The van der Waals surface area contributed by atoms with Crippen molar-refractivity contribution in [2.24, 2.45) is 0 Å². The molecule has 0 fully saturated rings. The molecule has 0 spiro atoms. The van der Waals surface area contributed by atoms with Gasteiger partial charge in [0.15, 0.2) is 0 Å². The Morgan fingerprint density at radius 2 is 0.574 bits per heavy atom. The minimum absolute atomic E-state index is 0.857. The van der Waals surface area contributed by atoms with Crippen LogP contribution in [0.25, 0.3) is 99.6 Å². The molecule has 0 N–H and O–H groups in total. The van der Waals surface area contributed by atoms with Gasteiger partial charge >= 0.3 is 0 Å². The molecular weight excluding hydrogens is 653 g/mol. The highest BCUT2D eigenvalue weighted by Crippen LogP contribution is 2.43. The van der Waals surface area contributed by atoms with E-state index in [0.29, 0.717) is 0 Å². The predicted molar refractivity (Wildman–Crippen MR) is 227 cm³/mol. The van der Waals surface area contributed by atoms with Crippen molar-refractivity contribution in [2.45, 2.75) is 0 Å². The van der Waals surface area contributed by atoms with Crippen LogP contribution in [0.3, 0.4) is 0 Å². The standard InChI is InChI=1S/C52H34N2/c1-3-17-37(18-4-1)43-23-11-13-25-45(43)47-31-32-48(46-26-14-12-24-44(46)38-19-5-2-6-20-38)52-51(47)53-49(41-29-27-35-15-7-9-21-39(35)33-41)50(54-52)42-30-28-36-16-8-10-22-40(36)34-42/h1-34H. The Bertz CT molecular complexity index is 2780. The molecule has 1 aromatic heterocycles. The first-order valence-corrected chi connectivity index (χ1v) is 18.4. The Balaban J connectivity index is 1.32. The molecule has 1 heterocycles. The van der Waals surface area contributed by atoms with Crippen molar-refractivity contribution in [2.75, 3.05) is 0 Å². The van der Waals surface area contributed by atoms with E-state index in [4.69, 9.17) is 9.97 Å². The normalized spacial score (nSPS) is 11.3. The van der Waals surface area contributed by atoms with Crippen molar-refractivity contribution in [3.8, 4) is 67.0 Å². The van der Waals surface area contributed by atoms with Crippen molar-refractivity contribution in [3.05, 3.63) is 206 Å². The molecule has 0 saturated heterocycles. The number of aromatic nitrogens is 2. The molecule has 0 atom stereocenters. The summed E-state index contributed by atoms with van der Waals surface area (Å²) in [5.41, 5.74) is 14.5. The van der Waals surface area contributed by atoms with Crippen LogP contribution in [-0.2, 0) is 0 Å². The van der Waals surface area contributed by atoms with Crippen molar-refractivity contribution in [1.82, 2.24) is 9.97 Å². The Labute approximate surface area is 314 Å². The van der Waals surface area contributed by atoms with Gasteiger partial charge < -0.3 is 0 Å². The maximum Gasteiger partial charge on any atom is 0.0979 e. The van der Waals surface area contributed by atoms with Gasteiger partial charge in [0.1, 0.15) is 0 Å². The first-order valence-electron chi connectivity index (χ1n) is 18.4. The Hall–Kier alpha value is -7.16. The smallest absolute Gasteiger partial charge is 0.0979 e. The predicted octanol–water partition coefficient (Wildman–Crippen LogP) is 13.9. The molecule has 10 aromatic rings. The van der Waals surface area contributed by atoms with Gasteiger partial charge in [-0.05, 0) is 67.1 Å². The van der Waals surface area contributed by atoms with Gasteiger partial charge in [-0.1, -0.05) is 194 Å². The Morgan fingerprint density at radius 3 is 1.00 bits per heavy atom. The van der Waals surface area contributed by atoms with Gasteiger partial charge in [-0.2, -0.15) is 0 Å². The first kappa shape index (κ1) is 31.6. The van der Waals surface area contributed by atoms with Crippen LogP contribution in [0.15, 0.2) is 206 Å². The number of hydrogen-bond donors (Lipinski definition) is 0. The van der Waals surface area contributed by atoms with Crippen LogP contribution in [0.5, 0.6) is 0 Å². The van der Waals surface area contributed by atoms with Gasteiger partial charge in [0.05, 0.1) is 22.4 Å². The van der Waals surface area contributed by atoms with E-state index in [0.717, 1.165) is 78.1 Å². The molecule has 252 valence electrons. The second kappa shape index (κ2) is 13.4. The molecule has 0 amide bonds. The summed E-state index contributed by atoms with van der Waals surface area (Å²) in [4.78, 5) is 11.5. The summed E-state index contributed by atoms with van der Waals surface area (Å²) in [5, 5.41) is 4.72. The van der Waals surface area contributed by atoms with E-state index < -0.39 is 0 Å². The van der Waals surface area contributed by atoms with E-state index in [-0.39, 0.29) is 0 Å². The van der Waals surface area contributed by atoms with E-state index in [2.05, 4.69) is 206 Å². The molecule has 0 bridgehead atoms. The molecule has 10 rings (SSSR count). The fourth-order valence-corrected chi connectivity index (χ4v) is 7.82. The average Bonchev–Trinajstić information content (AvgIpc) is 3.26. The highest BCUT2D eigenvalue weighted by atomic mass is 14.8. The zero-order valence-corrected chi connectivity index (χ0v) is 29.5. The van der Waals surface area contributed by atoms with E-state index in [1.165, 1.54) is 21.5 Å². The van der Waals surface area contributed by atoms with Gasteiger partial charge in [0.2, 0.25) is 0 Å². The van der Waals surface area contributed by atoms with E-state index in [1.54, 1.807) is 0 Å². The molecule has 0 aliphatic heterocycles. The lowest BCUT2D eigenvalue weighted by molar-refractivity contribution is 1.30. The fourth-order valence-electron chi connectivity index (χ4n) is 7.82. The molecule has 0 radical (unpaired) electrons. The third-order valence-electron chi connectivity index (χ3n) is 10.5. The SMILES string of the molecule is c1ccc(-c2ccccc2-c2ccc(-c3ccccc3-c3ccccc3)c3nc(-c4ccc5ccccc5c4)c(-c4ccc5ccccc5c4)nc23)cc1. The summed E-state index contributed by atoms with van der Waals surface area (Å²) in [5.74, 6) is 0. The molecule has 9 aromatic carbocycles. The summed E-state index contributed by atoms with van der Waals surface area (Å²) in [6, 6.07) is 73.3. The molecular formula is C52H34N2. The number of benzene rings is 9. The monoisotopic (exact) mass is 686 g/mol. The summed E-state index contributed by atoms with van der Waals surface area (Å²) >= 11 is 0. The molecule has 0 saturated carbocycles. The fraction of sp³-hybridized carbons (Fsp3) is 0. The highest BCUT2D eigenvalue weighted by molar-refractivity contribution is 6.07. The van der Waals surface area contributed by atoms with Crippen molar-refractivity contribution < 1.29 is 0 Å². The summed E-state index contributed by atoms with van der Waals surface area (Å²) in [6.07, 6.45) is 0. The lowest BCUT2D eigenvalue weighted by atomic mass is 9.89. The van der Waals surface area contributed by atoms with Gasteiger partial charge in [-0.15, -0.1) is 0 Å². The van der Waals surface area contributed by atoms with Gasteiger partial charge in [-0.3, -0.25) is 0 Å². The lowest BCUT2D eigenvalue weighted by Gasteiger charge is -2.19. The molecule has 0 aliphatic rings. The maximum atomic E-state index is 5.75. The third kappa shape index (κ3) is 5.62. The second-order valence-corrected chi connectivity index (χ2v) is 13.7. The van der Waals surface area contributed by atoms with Crippen LogP contribution in [0.1, 0.15) is 0 Å². The lowest BCUT2D eigenvalue weighted by Crippen LogP contribution is -2.00. The first-order chi connectivity index (χ1) is 26.8. The van der Waals surface area contributed by atoms with Crippen molar-refractivity contribution in [3.63, 3.8) is 0 Å². The minimum Gasteiger partial charge on any atom is -0.243 e. The van der Waals surface area contributed by atoms with E-state index >= 15 is 0 Å². The average molecular weight is 687 g/mol. The zero-order valence-electron chi connectivity index (χ0n) is 29.5. The highest BCUT2D eigenvalue weighted by Gasteiger charge is 2.22.